The second-order valence-corrected chi connectivity index (χ2v) is 7.86. The van der Waals surface area contributed by atoms with Gasteiger partial charge in [-0.1, -0.05) is 63.6 Å². The molecule has 0 radical (unpaired) electrons. The molecule has 0 heterocycles. The molecule has 1 unspecified atom stereocenters. The fourth-order valence-corrected chi connectivity index (χ4v) is 3.25. The van der Waals surface area contributed by atoms with E-state index < -0.39 is 0 Å². The van der Waals surface area contributed by atoms with Crippen LogP contribution in [0.3, 0.4) is 0 Å². The first-order valence-electron chi connectivity index (χ1n) is 10.1. The maximum Gasteiger partial charge on any atom is 0.237 e. The molecule has 0 spiro atoms. The average Bonchev–Trinajstić information content (AvgIpc) is 2.58. The smallest absolute Gasteiger partial charge is 0.237 e. The summed E-state index contributed by atoms with van der Waals surface area (Å²) in [6.07, 6.45) is 10.3. The Hall–Kier alpha value is -0.770. The highest BCUT2D eigenvalue weighted by Crippen LogP contribution is 2.29. The summed E-state index contributed by atoms with van der Waals surface area (Å²) in [6.45, 7) is 5.65. The van der Waals surface area contributed by atoms with Crippen molar-refractivity contribution in [2.45, 2.75) is 70.9 Å². The number of benzene rings is 1. The summed E-state index contributed by atoms with van der Waals surface area (Å²) >= 11 is 0. The second kappa shape index (κ2) is 13.4. The number of para-hydroxylation sites is 1. The van der Waals surface area contributed by atoms with Crippen LogP contribution in [-0.2, 0) is 4.74 Å². The zero-order chi connectivity index (χ0) is 18.6. The van der Waals surface area contributed by atoms with Gasteiger partial charge in [0.05, 0.1) is 27.7 Å². The summed E-state index contributed by atoms with van der Waals surface area (Å²) in [4.78, 5) is 0. The molecule has 0 aliphatic rings. The Balaban J connectivity index is 0.00000625. The van der Waals surface area contributed by atoms with Gasteiger partial charge in [0, 0.05) is 6.42 Å². The van der Waals surface area contributed by atoms with E-state index in [0.717, 1.165) is 16.7 Å². The maximum absolute atomic E-state index is 6.31. The van der Waals surface area contributed by atoms with Crippen LogP contribution in [0.1, 0.15) is 65.2 Å². The molecule has 1 atom stereocenters. The van der Waals surface area contributed by atoms with Gasteiger partial charge in [0.15, 0.2) is 6.61 Å². The average molecular weight is 386 g/mol. The molecule has 4 heteroatoms. The number of likely N-dealkylation sites (N-methyl/N-ethyl adjacent to an activating group) is 1. The van der Waals surface area contributed by atoms with Gasteiger partial charge in [-0.05, 0) is 25.5 Å². The molecule has 0 aliphatic heterocycles. The molecule has 0 N–H and O–H groups in total. The maximum atomic E-state index is 6.31. The number of halogens is 1. The Bertz CT molecular complexity index is 447. The third-order valence-corrected chi connectivity index (χ3v) is 5.01. The lowest BCUT2D eigenvalue weighted by Gasteiger charge is -2.45. The van der Waals surface area contributed by atoms with Gasteiger partial charge in [-0.25, -0.2) is 0 Å². The largest absolute Gasteiger partial charge is 1.00 e. The highest BCUT2D eigenvalue weighted by atomic mass is 35.5. The van der Waals surface area contributed by atoms with Crippen molar-refractivity contribution in [3.8, 4) is 5.75 Å². The standard InChI is InChI=1S/C22H40NO2.ClH/c1-6-8-9-10-11-12-16-19-22(25-7-2,23(3,4)5)20-24-21-17-14-13-15-18-21;/h13-15,17-18H,6-12,16,19-20H2,1-5H3;1H/q+1;/p-1. The molecule has 0 bridgehead atoms. The van der Waals surface area contributed by atoms with Crippen LogP contribution in [0, 0.1) is 0 Å². The van der Waals surface area contributed by atoms with E-state index in [1.54, 1.807) is 0 Å². The van der Waals surface area contributed by atoms with Gasteiger partial charge in [0.25, 0.3) is 0 Å². The number of unbranched alkanes of at least 4 members (excludes halogenated alkanes) is 6. The molecule has 26 heavy (non-hydrogen) atoms. The summed E-state index contributed by atoms with van der Waals surface area (Å²) in [6, 6.07) is 10.1. The van der Waals surface area contributed by atoms with E-state index >= 15 is 0 Å². The molecule has 0 saturated heterocycles. The van der Waals surface area contributed by atoms with Crippen LogP contribution in [0.2, 0.25) is 0 Å². The van der Waals surface area contributed by atoms with Crippen molar-refractivity contribution < 1.29 is 26.4 Å². The number of ether oxygens (including phenoxy) is 2. The fraction of sp³-hybridized carbons (Fsp3) is 0.727. The van der Waals surface area contributed by atoms with Crippen LogP contribution in [0.25, 0.3) is 0 Å². The molecule has 0 fully saturated rings. The molecular weight excluding hydrogens is 346 g/mol. The van der Waals surface area contributed by atoms with E-state index in [0.29, 0.717) is 13.2 Å². The second-order valence-electron chi connectivity index (χ2n) is 7.86. The van der Waals surface area contributed by atoms with E-state index in [2.05, 4.69) is 35.0 Å². The van der Waals surface area contributed by atoms with Gasteiger partial charge in [-0.15, -0.1) is 0 Å². The number of hydrogen-bond acceptors (Lipinski definition) is 2. The highest BCUT2D eigenvalue weighted by Gasteiger charge is 2.44. The summed E-state index contributed by atoms with van der Waals surface area (Å²) in [5.74, 6) is 0.916. The molecule has 152 valence electrons. The van der Waals surface area contributed by atoms with E-state index in [1.807, 2.05) is 30.3 Å². The Kier molecular flexibility index (Phi) is 13.0. The number of hydrogen-bond donors (Lipinski definition) is 0. The topological polar surface area (TPSA) is 18.5 Å². The quantitative estimate of drug-likeness (QED) is 0.278. The summed E-state index contributed by atoms with van der Waals surface area (Å²) in [5, 5.41) is 0. The molecule has 1 rings (SSSR count). The lowest BCUT2D eigenvalue weighted by Crippen LogP contribution is -3.00. The van der Waals surface area contributed by atoms with Gasteiger partial charge in [0.1, 0.15) is 5.75 Å². The van der Waals surface area contributed by atoms with Crippen LogP contribution in [0.5, 0.6) is 5.75 Å². The van der Waals surface area contributed by atoms with Gasteiger partial charge in [0.2, 0.25) is 5.72 Å². The first-order valence-corrected chi connectivity index (χ1v) is 10.1. The minimum absolute atomic E-state index is 0. The monoisotopic (exact) mass is 385 g/mol. The third kappa shape index (κ3) is 8.75. The van der Waals surface area contributed by atoms with Crippen LogP contribution in [0.4, 0.5) is 0 Å². The Labute approximate surface area is 168 Å². The Morgan fingerprint density at radius 3 is 1.96 bits per heavy atom. The number of nitrogens with zero attached hydrogens (tertiary/aromatic N) is 1. The Morgan fingerprint density at radius 2 is 1.42 bits per heavy atom. The molecule has 1 aromatic rings. The number of rotatable bonds is 14. The lowest BCUT2D eigenvalue weighted by molar-refractivity contribution is -0.952. The van der Waals surface area contributed by atoms with Crippen molar-refractivity contribution in [3.63, 3.8) is 0 Å². The fourth-order valence-electron chi connectivity index (χ4n) is 3.25. The van der Waals surface area contributed by atoms with Gasteiger partial charge in [-0.2, -0.15) is 0 Å². The summed E-state index contributed by atoms with van der Waals surface area (Å²) in [5.41, 5.74) is -0.298. The van der Waals surface area contributed by atoms with Crippen molar-refractivity contribution in [2.75, 3.05) is 34.4 Å². The first-order chi connectivity index (χ1) is 11.9. The normalized spacial score (nSPS) is 13.7. The van der Waals surface area contributed by atoms with Gasteiger partial charge >= 0.3 is 0 Å². The molecule has 0 saturated carbocycles. The predicted octanol–water partition coefficient (Wildman–Crippen LogP) is 2.65. The molecular formula is C22H40ClNO2. The zero-order valence-electron chi connectivity index (χ0n) is 17.6. The molecule has 0 aromatic heterocycles. The number of quaternary nitrogens is 1. The molecule has 0 aliphatic carbocycles. The van der Waals surface area contributed by atoms with E-state index in [9.17, 15) is 0 Å². The minimum Gasteiger partial charge on any atom is -1.00 e. The first kappa shape index (κ1) is 25.2. The van der Waals surface area contributed by atoms with Crippen LogP contribution in [-0.4, -0.2) is 44.6 Å². The third-order valence-electron chi connectivity index (χ3n) is 5.01. The van der Waals surface area contributed by atoms with Gasteiger partial charge < -0.3 is 26.4 Å². The zero-order valence-corrected chi connectivity index (χ0v) is 18.4. The summed E-state index contributed by atoms with van der Waals surface area (Å²) < 4.78 is 13.2. The van der Waals surface area contributed by atoms with E-state index in [4.69, 9.17) is 9.47 Å². The van der Waals surface area contributed by atoms with E-state index in [1.165, 1.54) is 44.9 Å². The van der Waals surface area contributed by atoms with E-state index in [-0.39, 0.29) is 18.1 Å². The highest BCUT2D eigenvalue weighted by molar-refractivity contribution is 5.21. The van der Waals surface area contributed by atoms with Crippen molar-refractivity contribution in [1.29, 1.82) is 0 Å². The van der Waals surface area contributed by atoms with Gasteiger partial charge in [-0.3, -0.25) is 0 Å². The Morgan fingerprint density at radius 1 is 0.846 bits per heavy atom. The molecule has 3 nitrogen and oxygen atoms in total. The SMILES string of the molecule is CCCCCCCCCC(COc1ccccc1)(OCC)[N+](C)(C)C.[Cl-]. The molecule has 0 amide bonds. The van der Waals surface area contributed by atoms with Crippen LogP contribution < -0.4 is 17.1 Å². The summed E-state index contributed by atoms with van der Waals surface area (Å²) in [7, 11) is 6.64. The van der Waals surface area contributed by atoms with Crippen molar-refractivity contribution in [1.82, 2.24) is 0 Å². The minimum atomic E-state index is -0.298. The van der Waals surface area contributed by atoms with Crippen molar-refractivity contribution in [3.05, 3.63) is 30.3 Å². The van der Waals surface area contributed by atoms with Crippen molar-refractivity contribution in [2.24, 2.45) is 0 Å². The van der Waals surface area contributed by atoms with Crippen LogP contribution >= 0.6 is 0 Å². The molecule has 1 aromatic carbocycles. The lowest BCUT2D eigenvalue weighted by atomic mass is 10.0. The predicted molar refractivity (Wildman–Crippen MR) is 107 cm³/mol. The van der Waals surface area contributed by atoms with Crippen molar-refractivity contribution >= 4 is 0 Å². The van der Waals surface area contributed by atoms with Crippen LogP contribution in [0.15, 0.2) is 30.3 Å².